The number of rotatable bonds is 6. The lowest BCUT2D eigenvalue weighted by atomic mass is 9.68. The molecular weight excluding hydrogens is 693 g/mol. The van der Waals surface area contributed by atoms with Gasteiger partial charge in [-0.3, -0.25) is 0 Å². The Morgan fingerprint density at radius 2 is 1.42 bits per heavy atom. The number of fused-ring (bicyclic) bond motifs is 8. The number of hydrogen-bond donors (Lipinski definition) is 0. The molecule has 276 valence electrons. The molecule has 0 bridgehead atoms. The Morgan fingerprint density at radius 1 is 0.719 bits per heavy atom. The van der Waals surface area contributed by atoms with Crippen molar-refractivity contribution in [2.75, 3.05) is 4.90 Å². The number of hydrogen-bond acceptors (Lipinski definition) is 2. The van der Waals surface area contributed by atoms with Crippen LogP contribution in [0.15, 0.2) is 193 Å². The number of aromatic nitrogens is 1. The van der Waals surface area contributed by atoms with Gasteiger partial charge in [-0.1, -0.05) is 166 Å². The molecular formula is C54H44N2O. The van der Waals surface area contributed by atoms with Crippen molar-refractivity contribution < 1.29 is 4.42 Å². The summed E-state index contributed by atoms with van der Waals surface area (Å²) < 4.78 is 9.49. The van der Waals surface area contributed by atoms with Gasteiger partial charge in [-0.05, 0) is 88.8 Å². The molecule has 0 spiro atoms. The maximum absolute atomic E-state index is 6.99. The Kier molecular flexibility index (Phi) is 7.86. The second-order valence-electron chi connectivity index (χ2n) is 16.4. The van der Waals surface area contributed by atoms with Gasteiger partial charge in [-0.25, -0.2) is 0 Å². The van der Waals surface area contributed by atoms with Crippen molar-refractivity contribution in [3.05, 3.63) is 194 Å². The molecule has 3 aliphatic carbocycles. The van der Waals surface area contributed by atoms with E-state index in [2.05, 4.69) is 211 Å². The summed E-state index contributed by atoms with van der Waals surface area (Å²) in [5, 5.41) is 4.66. The summed E-state index contributed by atoms with van der Waals surface area (Å²) in [6.07, 6.45) is 21.1. The lowest BCUT2D eigenvalue weighted by molar-refractivity contribution is 0.297. The Morgan fingerprint density at radius 3 is 2.23 bits per heavy atom. The molecule has 4 atom stereocenters. The zero-order valence-corrected chi connectivity index (χ0v) is 32.3. The van der Waals surface area contributed by atoms with Crippen LogP contribution < -0.4 is 4.90 Å². The van der Waals surface area contributed by atoms with E-state index in [1.54, 1.807) is 0 Å². The van der Waals surface area contributed by atoms with Gasteiger partial charge in [0.25, 0.3) is 0 Å². The number of nitrogens with zero attached hydrogens (tertiary/aromatic N) is 2. The van der Waals surface area contributed by atoms with Crippen molar-refractivity contribution in [3.8, 4) is 11.1 Å². The minimum atomic E-state index is 0.00410. The standard InChI is InChI=1S/C54H44N2O/c1-36-16-15-24-43(39-19-7-4-8-20-39)51(36)55(41-29-27-38(28-30-41)37-17-5-3-6-18-37)48-35-46-44-22-10-12-26-49(44)57-53(46)52-50(48)45-23-9-11-25-47(45)56(52)42-31-33-54(2)32-14-13-21-40(54)34-42/h3-20,22-31,33-36,40,51H,21,32H2,1-2H3. The maximum atomic E-state index is 6.99. The van der Waals surface area contributed by atoms with Crippen LogP contribution in [0.2, 0.25) is 0 Å². The molecule has 4 unspecified atom stereocenters. The number of allylic oxidation sites excluding steroid dienone is 8. The fourth-order valence-electron chi connectivity index (χ4n) is 9.89. The van der Waals surface area contributed by atoms with Gasteiger partial charge in [0.2, 0.25) is 0 Å². The Balaban J connectivity index is 1.25. The van der Waals surface area contributed by atoms with Crippen LogP contribution in [0.3, 0.4) is 0 Å². The van der Waals surface area contributed by atoms with Crippen molar-refractivity contribution in [1.29, 1.82) is 0 Å². The van der Waals surface area contributed by atoms with Crippen LogP contribution in [0.25, 0.3) is 66.1 Å². The van der Waals surface area contributed by atoms with E-state index in [9.17, 15) is 0 Å². The fourth-order valence-corrected chi connectivity index (χ4v) is 9.89. The van der Waals surface area contributed by atoms with E-state index in [0.29, 0.717) is 5.92 Å². The van der Waals surface area contributed by atoms with E-state index >= 15 is 0 Å². The van der Waals surface area contributed by atoms with E-state index in [1.165, 1.54) is 49.9 Å². The molecule has 6 aromatic carbocycles. The van der Waals surface area contributed by atoms with Gasteiger partial charge in [0, 0.05) is 32.9 Å². The third-order valence-electron chi connectivity index (χ3n) is 12.9. The average Bonchev–Trinajstić information content (AvgIpc) is 3.81. The monoisotopic (exact) mass is 736 g/mol. The first kappa shape index (κ1) is 33.7. The second-order valence-corrected chi connectivity index (χ2v) is 16.4. The van der Waals surface area contributed by atoms with E-state index < -0.39 is 0 Å². The van der Waals surface area contributed by atoms with Crippen molar-refractivity contribution in [3.63, 3.8) is 0 Å². The molecule has 11 rings (SSSR count). The lowest BCUT2D eigenvalue weighted by Crippen LogP contribution is -2.38. The summed E-state index contributed by atoms with van der Waals surface area (Å²) in [5.74, 6) is 0.626. The molecule has 3 aliphatic rings. The van der Waals surface area contributed by atoms with Crippen LogP contribution >= 0.6 is 0 Å². The maximum Gasteiger partial charge on any atom is 0.160 e. The summed E-state index contributed by atoms with van der Waals surface area (Å²) in [4.78, 5) is 2.64. The molecule has 0 radical (unpaired) electrons. The van der Waals surface area contributed by atoms with Gasteiger partial charge in [0.1, 0.15) is 5.58 Å². The predicted molar refractivity (Wildman–Crippen MR) is 241 cm³/mol. The van der Waals surface area contributed by atoms with E-state index in [1.807, 2.05) is 0 Å². The quantitative estimate of drug-likeness (QED) is 0.159. The first-order valence-corrected chi connectivity index (χ1v) is 20.4. The second kappa shape index (κ2) is 13.3. The van der Waals surface area contributed by atoms with Crippen LogP contribution in [0.5, 0.6) is 0 Å². The SMILES string of the molecule is CC1C=CC=C(c2ccccc2)C1N(c1ccc(-c2ccccc2)cc1)c1cc2c3ccccc3oc2c2c1c1ccccc1n2C1=CC2CC=CCC2(C)C=C1. The van der Waals surface area contributed by atoms with Crippen LogP contribution in [0.1, 0.15) is 32.3 Å². The van der Waals surface area contributed by atoms with E-state index in [4.69, 9.17) is 4.42 Å². The molecule has 8 aromatic rings. The fraction of sp³-hybridized carbons (Fsp3) is 0.148. The summed E-state index contributed by atoms with van der Waals surface area (Å²) >= 11 is 0. The Labute approximate surface area is 333 Å². The minimum Gasteiger partial charge on any atom is -0.454 e. The van der Waals surface area contributed by atoms with Gasteiger partial charge in [-0.2, -0.15) is 0 Å². The average molecular weight is 737 g/mol. The normalized spacial score (nSPS) is 21.6. The summed E-state index contributed by atoms with van der Waals surface area (Å²) in [6.45, 7) is 4.77. The molecule has 0 fully saturated rings. The van der Waals surface area contributed by atoms with Crippen molar-refractivity contribution in [1.82, 2.24) is 4.57 Å². The molecule has 2 aromatic heterocycles. The van der Waals surface area contributed by atoms with Gasteiger partial charge in [0.15, 0.2) is 5.58 Å². The zero-order valence-electron chi connectivity index (χ0n) is 32.3. The predicted octanol–water partition coefficient (Wildman–Crippen LogP) is 14.5. The highest BCUT2D eigenvalue weighted by Crippen LogP contribution is 2.51. The van der Waals surface area contributed by atoms with Crippen molar-refractivity contribution in [2.45, 2.75) is 32.7 Å². The summed E-state index contributed by atoms with van der Waals surface area (Å²) in [6, 6.07) is 50.7. The number of para-hydroxylation sites is 2. The lowest BCUT2D eigenvalue weighted by Gasteiger charge is -2.40. The molecule has 0 N–H and O–H groups in total. The Hall–Kier alpha value is -6.58. The highest BCUT2D eigenvalue weighted by Gasteiger charge is 2.36. The molecule has 3 heteroatoms. The molecule has 57 heavy (non-hydrogen) atoms. The summed E-state index contributed by atoms with van der Waals surface area (Å²) in [5.41, 5.74) is 12.7. The highest BCUT2D eigenvalue weighted by molar-refractivity contribution is 6.27. The van der Waals surface area contributed by atoms with Crippen LogP contribution in [0.4, 0.5) is 11.4 Å². The molecule has 0 aliphatic heterocycles. The molecule has 0 saturated carbocycles. The zero-order chi connectivity index (χ0) is 38.1. The number of furan rings is 1. The highest BCUT2D eigenvalue weighted by atomic mass is 16.3. The van der Waals surface area contributed by atoms with Crippen molar-refractivity contribution >= 4 is 66.4 Å². The van der Waals surface area contributed by atoms with Gasteiger partial charge in [-0.15, -0.1) is 0 Å². The smallest absolute Gasteiger partial charge is 0.160 e. The molecule has 3 nitrogen and oxygen atoms in total. The van der Waals surface area contributed by atoms with Gasteiger partial charge >= 0.3 is 0 Å². The molecule has 0 saturated heterocycles. The number of anilines is 2. The molecule has 0 amide bonds. The Bertz CT molecular complexity index is 2990. The molecule has 2 heterocycles. The van der Waals surface area contributed by atoms with E-state index in [-0.39, 0.29) is 17.4 Å². The topological polar surface area (TPSA) is 21.3 Å². The van der Waals surface area contributed by atoms with Crippen molar-refractivity contribution in [2.24, 2.45) is 17.3 Å². The minimum absolute atomic E-state index is 0.00410. The van der Waals surface area contributed by atoms with Crippen LogP contribution in [0, 0.1) is 17.3 Å². The summed E-state index contributed by atoms with van der Waals surface area (Å²) in [7, 11) is 0. The largest absolute Gasteiger partial charge is 0.454 e. The first-order valence-electron chi connectivity index (χ1n) is 20.4. The first-order chi connectivity index (χ1) is 28.1. The van der Waals surface area contributed by atoms with Crippen LogP contribution in [-0.4, -0.2) is 10.6 Å². The third kappa shape index (κ3) is 5.40. The van der Waals surface area contributed by atoms with E-state index in [0.717, 1.165) is 46.0 Å². The van der Waals surface area contributed by atoms with Gasteiger partial charge in [0.05, 0.1) is 22.8 Å². The third-order valence-corrected chi connectivity index (χ3v) is 12.9. The van der Waals surface area contributed by atoms with Crippen LogP contribution in [-0.2, 0) is 0 Å². The number of benzene rings is 6. The van der Waals surface area contributed by atoms with Gasteiger partial charge < -0.3 is 13.9 Å².